The zero-order valence-electron chi connectivity index (χ0n) is 45.9. The van der Waals surface area contributed by atoms with Gasteiger partial charge >= 0.3 is 11.9 Å². The fraction of sp³-hybridized carbons (Fsp3) is 0.273. The number of hydrogen-bond acceptors (Lipinski definition) is 12. The Balaban J connectivity index is 0.816. The molecule has 0 aromatic heterocycles. The van der Waals surface area contributed by atoms with Gasteiger partial charge in [-0.05, 0) is 88.7 Å². The van der Waals surface area contributed by atoms with Crippen molar-refractivity contribution < 1.29 is 56.1 Å². The number of benzene rings is 7. The van der Waals surface area contributed by atoms with Gasteiger partial charge in [0.2, 0.25) is 27.6 Å². The number of nitrogens with one attached hydrogen (secondary N) is 2. The fourth-order valence-corrected chi connectivity index (χ4v) is 11.7. The van der Waals surface area contributed by atoms with Gasteiger partial charge in [-0.3, -0.25) is 19.2 Å². The van der Waals surface area contributed by atoms with Gasteiger partial charge in [-0.1, -0.05) is 188 Å². The van der Waals surface area contributed by atoms with Crippen LogP contribution in [0.5, 0.6) is 0 Å². The van der Waals surface area contributed by atoms with Gasteiger partial charge < -0.3 is 34.5 Å². The van der Waals surface area contributed by atoms with Gasteiger partial charge in [-0.2, -0.15) is 4.31 Å². The van der Waals surface area contributed by atoms with Crippen LogP contribution >= 0.6 is 0 Å². The molecule has 0 saturated carbocycles. The van der Waals surface area contributed by atoms with Crippen molar-refractivity contribution in [2.24, 2.45) is 0 Å². The molecule has 3 amide bonds. The highest BCUT2D eigenvalue weighted by molar-refractivity contribution is 7.89. The van der Waals surface area contributed by atoms with Crippen molar-refractivity contribution in [3.8, 4) is 22.3 Å². The van der Waals surface area contributed by atoms with Crippen LogP contribution in [0, 0.1) is 0 Å². The number of piperidine rings is 2. The first-order chi connectivity index (χ1) is 40.4. The number of Topliss-reactive ketones (excluding diaryl/α,β-unsaturated/α-hetero) is 1. The van der Waals surface area contributed by atoms with Crippen LogP contribution in [0.3, 0.4) is 0 Å². The predicted octanol–water partition coefficient (Wildman–Crippen LogP) is 9.02. The minimum atomic E-state index is -4.12. The molecule has 2 aliphatic heterocycles. The van der Waals surface area contributed by atoms with Gasteiger partial charge in [0, 0.05) is 18.7 Å². The molecule has 0 radical (unpaired) electrons. The third-order valence-electron chi connectivity index (χ3n) is 14.6. The monoisotopic (exact) mass is 1140 g/mol. The summed E-state index contributed by atoms with van der Waals surface area (Å²) in [5, 5.41) is 5.51. The van der Waals surface area contributed by atoms with E-state index >= 15 is 0 Å². The number of carbonyl (C=O) groups is 6. The lowest BCUT2D eigenvalue weighted by atomic mass is 9.98. The summed E-state index contributed by atoms with van der Waals surface area (Å²) in [7, 11) is -4.12. The smallest absolute Gasteiger partial charge is 0.331 e. The van der Waals surface area contributed by atoms with E-state index in [0.29, 0.717) is 36.8 Å². The van der Waals surface area contributed by atoms with Crippen molar-refractivity contribution in [3.63, 3.8) is 0 Å². The standard InChI is InChI=1S/C66H66N4O12S/c71-61(55-33-31-53(32-34-55)51-21-9-3-10-22-51)64(74)69-39-15-13-25-59(69)62(72)67-57(45-79-41-47-17-5-1-6-18-47)65(75)81-43-49-27-29-50(30-28-49)44-82-66(76)58(46-80-42-48-19-7-2-8-20-48)68-63(73)60-26-14-16-40-70(60)83(77,78)56-37-35-54(36-38-56)52-23-11-4-12-24-52/h1-12,17-24,27-38,57-60H,13-16,25-26,39-46H2,(H,67,72)(H,68,73)/t57-,58-,59-,60-/m0/s1. The van der Waals surface area contributed by atoms with E-state index in [1.54, 1.807) is 60.7 Å². The maximum atomic E-state index is 14.1. The first-order valence-electron chi connectivity index (χ1n) is 27.8. The van der Waals surface area contributed by atoms with Crippen molar-refractivity contribution in [1.29, 1.82) is 0 Å². The minimum absolute atomic E-state index is 0.0515. The molecule has 2 aliphatic rings. The number of sulfonamides is 1. The Labute approximate surface area is 483 Å². The van der Waals surface area contributed by atoms with E-state index in [9.17, 15) is 37.2 Å². The summed E-state index contributed by atoms with van der Waals surface area (Å²) in [5.41, 5.74) is 6.64. The Kier molecular flexibility index (Phi) is 20.5. The molecule has 17 heteroatoms. The molecule has 2 saturated heterocycles. The lowest BCUT2D eigenvalue weighted by Crippen LogP contribution is -2.57. The van der Waals surface area contributed by atoms with E-state index in [2.05, 4.69) is 10.6 Å². The average molecular weight is 1140 g/mol. The van der Waals surface area contributed by atoms with Crippen LogP contribution in [0.15, 0.2) is 199 Å². The van der Waals surface area contributed by atoms with Crippen molar-refractivity contribution in [1.82, 2.24) is 19.8 Å². The van der Waals surface area contributed by atoms with Gasteiger partial charge in [0.25, 0.3) is 5.91 Å². The van der Waals surface area contributed by atoms with Gasteiger partial charge in [-0.25, -0.2) is 18.0 Å². The molecule has 7 aromatic carbocycles. The number of ether oxygens (including phenoxy) is 4. The SMILES string of the molecule is O=C(C(=O)N1CCCC[C@H]1C(=O)N[C@@H](COCc1ccccc1)C(=O)OCc1ccc(COC(=O)[C@H](COCc2ccccc2)NC(=O)[C@@H]2CCCCN2S(=O)(=O)c2ccc(-c3ccccc3)cc2)cc1)c1ccc(-c2ccccc2)cc1. The quantitative estimate of drug-likeness (QED) is 0.0331. The van der Waals surface area contributed by atoms with Crippen LogP contribution in [0.25, 0.3) is 22.3 Å². The number of hydrogen-bond donors (Lipinski definition) is 2. The number of nitrogens with zero attached hydrogens (tertiary/aromatic N) is 2. The molecule has 0 bridgehead atoms. The summed E-state index contributed by atoms with van der Waals surface area (Å²) < 4.78 is 52.8. The minimum Gasteiger partial charge on any atom is -0.459 e. The number of amides is 3. The lowest BCUT2D eigenvalue weighted by Gasteiger charge is -2.35. The molecule has 2 fully saturated rings. The number of rotatable bonds is 24. The largest absolute Gasteiger partial charge is 0.459 e. The molecule has 4 atom stereocenters. The second-order valence-corrected chi connectivity index (χ2v) is 22.3. The summed E-state index contributed by atoms with van der Waals surface area (Å²) in [6.45, 7) is -0.334. The molecule has 2 heterocycles. The highest BCUT2D eigenvalue weighted by atomic mass is 32.2. The number of ketones is 1. The number of esters is 2. The zero-order valence-corrected chi connectivity index (χ0v) is 46.7. The van der Waals surface area contributed by atoms with Gasteiger partial charge in [0.1, 0.15) is 25.3 Å². The average Bonchev–Trinajstić information content (AvgIpc) is 3.62. The molecule has 0 aliphatic carbocycles. The first-order valence-corrected chi connectivity index (χ1v) is 29.3. The highest BCUT2D eigenvalue weighted by Crippen LogP contribution is 2.29. The van der Waals surface area contributed by atoms with Crippen molar-refractivity contribution in [2.45, 2.75) is 94.0 Å². The van der Waals surface area contributed by atoms with Crippen LogP contribution in [0.1, 0.15) is 71.1 Å². The number of carbonyl (C=O) groups excluding carboxylic acids is 6. The maximum absolute atomic E-state index is 14.1. The van der Waals surface area contributed by atoms with Crippen LogP contribution in [-0.4, -0.2) is 104 Å². The fourth-order valence-electron chi connectivity index (χ4n) is 10.0. The van der Waals surface area contributed by atoms with E-state index in [-0.39, 0.29) is 76.0 Å². The Hall–Kier alpha value is -8.61. The molecule has 0 spiro atoms. The second kappa shape index (κ2) is 28.9. The molecule has 428 valence electrons. The Morgan fingerprint density at radius 2 is 0.843 bits per heavy atom. The van der Waals surface area contributed by atoms with E-state index in [4.69, 9.17) is 18.9 Å². The Morgan fingerprint density at radius 3 is 1.33 bits per heavy atom. The summed E-state index contributed by atoms with van der Waals surface area (Å²) in [4.78, 5) is 84.7. The first kappa shape index (κ1) is 59.0. The Bertz CT molecular complexity index is 3410. The molecule has 16 nitrogen and oxygen atoms in total. The molecule has 7 aromatic rings. The maximum Gasteiger partial charge on any atom is 0.331 e. The molecular weight excluding hydrogens is 1070 g/mol. The molecule has 9 rings (SSSR count). The van der Waals surface area contributed by atoms with Crippen molar-refractivity contribution in [2.75, 3.05) is 26.3 Å². The molecule has 83 heavy (non-hydrogen) atoms. The van der Waals surface area contributed by atoms with Gasteiger partial charge in [0.05, 0.1) is 31.3 Å². The van der Waals surface area contributed by atoms with E-state index in [1.807, 2.05) is 121 Å². The highest BCUT2D eigenvalue weighted by Gasteiger charge is 2.40. The third kappa shape index (κ3) is 15.9. The lowest BCUT2D eigenvalue weighted by molar-refractivity contribution is -0.152. The third-order valence-corrected chi connectivity index (χ3v) is 16.5. The summed E-state index contributed by atoms with van der Waals surface area (Å²) in [5.74, 6) is -4.41. The van der Waals surface area contributed by atoms with Gasteiger partial charge in [-0.15, -0.1) is 0 Å². The van der Waals surface area contributed by atoms with Crippen molar-refractivity contribution in [3.05, 3.63) is 222 Å². The van der Waals surface area contributed by atoms with Crippen molar-refractivity contribution >= 4 is 45.5 Å². The van der Waals surface area contributed by atoms with Crippen LogP contribution < -0.4 is 10.6 Å². The summed E-state index contributed by atoms with van der Waals surface area (Å²) >= 11 is 0. The number of likely N-dealkylation sites (tertiary alicyclic amines) is 1. The van der Waals surface area contributed by atoms with Crippen LogP contribution in [0.2, 0.25) is 0 Å². The van der Waals surface area contributed by atoms with Gasteiger partial charge in [0.15, 0.2) is 12.1 Å². The normalized spacial score (nSPS) is 16.2. The topological polar surface area (TPSA) is 204 Å². The van der Waals surface area contributed by atoms with Crippen LogP contribution in [0.4, 0.5) is 0 Å². The van der Waals surface area contributed by atoms with E-state index in [0.717, 1.165) is 33.4 Å². The Morgan fingerprint density at radius 1 is 0.446 bits per heavy atom. The van der Waals surface area contributed by atoms with E-state index in [1.165, 1.54) is 21.3 Å². The second-order valence-electron chi connectivity index (χ2n) is 20.5. The molecule has 0 unspecified atom stereocenters. The van der Waals surface area contributed by atoms with Crippen LogP contribution in [-0.2, 0) is 79.4 Å². The van der Waals surface area contributed by atoms with E-state index < -0.39 is 69.6 Å². The predicted molar refractivity (Wildman–Crippen MR) is 311 cm³/mol. The summed E-state index contributed by atoms with van der Waals surface area (Å²) in [6, 6.07) is 53.2. The zero-order chi connectivity index (χ0) is 58.0. The molecular formula is C66H66N4O12S. The summed E-state index contributed by atoms with van der Waals surface area (Å²) in [6.07, 6.45) is 2.90. The molecule has 2 N–H and O–H groups in total.